The van der Waals surface area contributed by atoms with Crippen LogP contribution in [0.25, 0.3) is 0 Å². The SMILES string of the molecule is CCNC(COC(C)C)c1ccc(S(C)(=O)=O)cc1. The molecule has 0 radical (unpaired) electrons. The molecule has 1 aromatic rings. The number of hydrogen-bond acceptors (Lipinski definition) is 4. The van der Waals surface area contributed by atoms with E-state index in [0.29, 0.717) is 11.5 Å². The number of hydrogen-bond donors (Lipinski definition) is 1. The summed E-state index contributed by atoms with van der Waals surface area (Å²) in [6.07, 6.45) is 1.39. The molecule has 0 amide bonds. The lowest BCUT2D eigenvalue weighted by Gasteiger charge is -2.20. The second-order valence-electron chi connectivity index (χ2n) is 4.83. The van der Waals surface area contributed by atoms with Gasteiger partial charge in [0.15, 0.2) is 9.84 Å². The van der Waals surface area contributed by atoms with Gasteiger partial charge in [0.25, 0.3) is 0 Å². The van der Waals surface area contributed by atoms with E-state index in [2.05, 4.69) is 5.32 Å². The van der Waals surface area contributed by atoms with Crippen molar-refractivity contribution in [3.05, 3.63) is 29.8 Å². The van der Waals surface area contributed by atoms with Crippen molar-refractivity contribution >= 4 is 9.84 Å². The Hall–Kier alpha value is -0.910. The van der Waals surface area contributed by atoms with Crippen molar-refractivity contribution in [2.24, 2.45) is 0 Å². The molecule has 1 aromatic carbocycles. The molecule has 4 nitrogen and oxygen atoms in total. The highest BCUT2D eigenvalue weighted by atomic mass is 32.2. The molecule has 5 heteroatoms. The summed E-state index contributed by atoms with van der Waals surface area (Å²) in [5.41, 5.74) is 1.04. The van der Waals surface area contributed by atoms with Crippen molar-refractivity contribution in [1.29, 1.82) is 0 Å². The van der Waals surface area contributed by atoms with Gasteiger partial charge < -0.3 is 10.1 Å². The molecule has 19 heavy (non-hydrogen) atoms. The number of rotatable bonds is 7. The average Bonchev–Trinajstić information content (AvgIpc) is 2.33. The summed E-state index contributed by atoms with van der Waals surface area (Å²) >= 11 is 0. The van der Waals surface area contributed by atoms with Gasteiger partial charge in [-0.1, -0.05) is 19.1 Å². The van der Waals surface area contributed by atoms with E-state index in [0.717, 1.165) is 12.1 Å². The molecule has 0 saturated carbocycles. The number of likely N-dealkylation sites (N-methyl/N-ethyl adjacent to an activating group) is 1. The molecule has 108 valence electrons. The minimum atomic E-state index is -3.13. The Kier molecular flexibility index (Phi) is 5.97. The maximum Gasteiger partial charge on any atom is 0.175 e. The van der Waals surface area contributed by atoms with Crippen molar-refractivity contribution in [2.45, 2.75) is 37.8 Å². The van der Waals surface area contributed by atoms with E-state index >= 15 is 0 Å². The molecule has 0 saturated heterocycles. The van der Waals surface area contributed by atoms with Crippen LogP contribution in [0.3, 0.4) is 0 Å². The van der Waals surface area contributed by atoms with E-state index in [4.69, 9.17) is 4.74 Å². The Morgan fingerprint density at radius 2 is 1.79 bits per heavy atom. The molecule has 0 bridgehead atoms. The Labute approximate surface area is 116 Å². The van der Waals surface area contributed by atoms with Crippen LogP contribution in [0.15, 0.2) is 29.2 Å². The molecule has 0 aliphatic rings. The van der Waals surface area contributed by atoms with Gasteiger partial charge in [-0.15, -0.1) is 0 Å². The molecular formula is C14H23NO3S. The van der Waals surface area contributed by atoms with Crippen LogP contribution in [-0.2, 0) is 14.6 Å². The van der Waals surface area contributed by atoms with E-state index in [1.165, 1.54) is 6.26 Å². The molecular weight excluding hydrogens is 262 g/mol. The van der Waals surface area contributed by atoms with E-state index in [-0.39, 0.29) is 12.1 Å². The van der Waals surface area contributed by atoms with Gasteiger partial charge in [0.05, 0.1) is 23.6 Å². The van der Waals surface area contributed by atoms with Gasteiger partial charge in [0.2, 0.25) is 0 Å². The van der Waals surface area contributed by atoms with Gasteiger partial charge in [0, 0.05) is 6.26 Å². The molecule has 1 N–H and O–H groups in total. The smallest absolute Gasteiger partial charge is 0.175 e. The summed E-state index contributed by atoms with van der Waals surface area (Å²) < 4.78 is 28.5. The first-order chi connectivity index (χ1) is 8.84. The molecule has 1 rings (SSSR count). The van der Waals surface area contributed by atoms with E-state index < -0.39 is 9.84 Å². The van der Waals surface area contributed by atoms with Gasteiger partial charge in [-0.3, -0.25) is 0 Å². The highest BCUT2D eigenvalue weighted by Gasteiger charge is 2.13. The van der Waals surface area contributed by atoms with Gasteiger partial charge >= 0.3 is 0 Å². The predicted octanol–water partition coefficient (Wildman–Crippen LogP) is 2.17. The standard InChI is InChI=1S/C14H23NO3S/c1-5-15-14(10-18-11(2)3)12-6-8-13(9-7-12)19(4,16)17/h6-9,11,14-15H,5,10H2,1-4H3. The zero-order chi connectivity index (χ0) is 14.5. The Balaban J connectivity index is 2.85. The van der Waals surface area contributed by atoms with Crippen LogP contribution < -0.4 is 5.32 Å². The highest BCUT2D eigenvalue weighted by molar-refractivity contribution is 7.90. The van der Waals surface area contributed by atoms with E-state index in [1.807, 2.05) is 32.9 Å². The van der Waals surface area contributed by atoms with Gasteiger partial charge in [-0.05, 0) is 38.1 Å². The van der Waals surface area contributed by atoms with Crippen LogP contribution in [0.2, 0.25) is 0 Å². The molecule has 0 aromatic heterocycles. The Morgan fingerprint density at radius 1 is 1.21 bits per heavy atom. The second kappa shape index (κ2) is 7.03. The molecule has 1 unspecified atom stereocenters. The van der Waals surface area contributed by atoms with Crippen molar-refractivity contribution < 1.29 is 13.2 Å². The fourth-order valence-corrected chi connectivity index (χ4v) is 2.39. The monoisotopic (exact) mass is 285 g/mol. The predicted molar refractivity (Wildman–Crippen MR) is 77.1 cm³/mol. The third-order valence-corrected chi connectivity index (χ3v) is 3.89. The first-order valence-corrected chi connectivity index (χ1v) is 8.38. The summed E-state index contributed by atoms with van der Waals surface area (Å²) in [5, 5.41) is 3.34. The lowest BCUT2D eigenvalue weighted by molar-refractivity contribution is 0.0614. The van der Waals surface area contributed by atoms with Gasteiger partial charge in [-0.2, -0.15) is 0 Å². The maximum absolute atomic E-state index is 11.4. The van der Waals surface area contributed by atoms with Crippen LogP contribution in [0, 0.1) is 0 Å². The lowest BCUT2D eigenvalue weighted by atomic mass is 10.1. The first-order valence-electron chi connectivity index (χ1n) is 6.49. The molecule has 0 fully saturated rings. The highest BCUT2D eigenvalue weighted by Crippen LogP contribution is 2.17. The zero-order valence-electron chi connectivity index (χ0n) is 12.0. The van der Waals surface area contributed by atoms with Crippen molar-refractivity contribution in [1.82, 2.24) is 5.32 Å². The van der Waals surface area contributed by atoms with Crippen LogP contribution in [0.1, 0.15) is 32.4 Å². The lowest BCUT2D eigenvalue weighted by Crippen LogP contribution is -2.26. The van der Waals surface area contributed by atoms with Gasteiger partial charge in [0.1, 0.15) is 0 Å². The molecule has 0 heterocycles. The fourth-order valence-electron chi connectivity index (χ4n) is 1.76. The maximum atomic E-state index is 11.4. The average molecular weight is 285 g/mol. The summed E-state index contributed by atoms with van der Waals surface area (Å²) in [7, 11) is -3.13. The van der Waals surface area contributed by atoms with Crippen molar-refractivity contribution in [2.75, 3.05) is 19.4 Å². The normalized spacial score (nSPS) is 13.7. The van der Waals surface area contributed by atoms with E-state index in [9.17, 15) is 8.42 Å². The van der Waals surface area contributed by atoms with Crippen molar-refractivity contribution in [3.63, 3.8) is 0 Å². The van der Waals surface area contributed by atoms with Crippen molar-refractivity contribution in [3.8, 4) is 0 Å². The molecule has 1 atom stereocenters. The summed E-state index contributed by atoms with van der Waals surface area (Å²) in [4.78, 5) is 0.344. The number of sulfone groups is 1. The Bertz CT molecular complexity index is 480. The summed E-state index contributed by atoms with van der Waals surface area (Å²) in [6.45, 7) is 7.43. The summed E-state index contributed by atoms with van der Waals surface area (Å²) in [5.74, 6) is 0. The van der Waals surface area contributed by atoms with Gasteiger partial charge in [-0.25, -0.2) is 8.42 Å². The van der Waals surface area contributed by atoms with Crippen LogP contribution in [0.5, 0.6) is 0 Å². The number of nitrogens with one attached hydrogen (secondary N) is 1. The first kappa shape index (κ1) is 16.1. The van der Waals surface area contributed by atoms with Crippen LogP contribution in [0.4, 0.5) is 0 Å². The zero-order valence-corrected chi connectivity index (χ0v) is 12.8. The largest absolute Gasteiger partial charge is 0.377 e. The van der Waals surface area contributed by atoms with E-state index in [1.54, 1.807) is 12.1 Å². The third kappa shape index (κ3) is 5.30. The number of ether oxygens (including phenoxy) is 1. The topological polar surface area (TPSA) is 55.4 Å². The summed E-state index contributed by atoms with van der Waals surface area (Å²) in [6, 6.07) is 7.05. The molecule has 0 aliphatic heterocycles. The second-order valence-corrected chi connectivity index (χ2v) is 6.85. The third-order valence-electron chi connectivity index (χ3n) is 2.76. The Morgan fingerprint density at radius 3 is 2.21 bits per heavy atom. The quantitative estimate of drug-likeness (QED) is 0.834. The minimum absolute atomic E-state index is 0.0843. The number of benzene rings is 1. The van der Waals surface area contributed by atoms with Crippen LogP contribution >= 0.6 is 0 Å². The van der Waals surface area contributed by atoms with Crippen LogP contribution in [-0.4, -0.2) is 33.9 Å². The fraction of sp³-hybridized carbons (Fsp3) is 0.571. The molecule has 0 spiro atoms. The molecule has 0 aliphatic carbocycles. The minimum Gasteiger partial charge on any atom is -0.377 e.